The second-order valence-corrected chi connectivity index (χ2v) is 12.7. The van der Waals surface area contributed by atoms with Crippen LogP contribution in [0.1, 0.15) is 48.8 Å². The van der Waals surface area contributed by atoms with Gasteiger partial charge >= 0.3 is 0 Å². The first-order chi connectivity index (χ1) is 19.2. The highest BCUT2D eigenvalue weighted by molar-refractivity contribution is 7.89. The average Bonchev–Trinajstić information content (AvgIpc) is 2.96. The second kappa shape index (κ2) is 13.7. The molecule has 0 heterocycles. The van der Waals surface area contributed by atoms with Gasteiger partial charge in [-0.05, 0) is 43.0 Å². The summed E-state index contributed by atoms with van der Waals surface area (Å²) in [7, 11) is -2.49. The normalized spacial score (nSPS) is 15.0. The van der Waals surface area contributed by atoms with Crippen LogP contribution in [0.15, 0.2) is 89.8 Å². The van der Waals surface area contributed by atoms with Gasteiger partial charge in [-0.15, -0.1) is 0 Å². The minimum atomic E-state index is -3.90. The largest absolute Gasteiger partial charge is 0.352 e. The summed E-state index contributed by atoms with van der Waals surface area (Å²) in [6, 6.07) is 25.0. The van der Waals surface area contributed by atoms with E-state index < -0.39 is 22.0 Å². The van der Waals surface area contributed by atoms with Gasteiger partial charge in [0, 0.05) is 26.1 Å². The van der Waals surface area contributed by atoms with Crippen LogP contribution >= 0.6 is 0 Å². The molecule has 3 aromatic carbocycles. The van der Waals surface area contributed by atoms with Crippen molar-refractivity contribution in [3.05, 3.63) is 102 Å². The van der Waals surface area contributed by atoms with Crippen LogP contribution in [0.2, 0.25) is 0 Å². The lowest BCUT2D eigenvalue weighted by molar-refractivity contribution is -0.141. The van der Waals surface area contributed by atoms with E-state index in [4.69, 9.17) is 0 Å². The number of amides is 2. The topological polar surface area (TPSA) is 86.8 Å². The Balaban J connectivity index is 1.64. The lowest BCUT2D eigenvalue weighted by Gasteiger charge is -2.34. The van der Waals surface area contributed by atoms with Gasteiger partial charge in [-0.2, -0.15) is 4.31 Å². The Labute approximate surface area is 238 Å². The minimum Gasteiger partial charge on any atom is -0.352 e. The number of benzene rings is 3. The lowest BCUT2D eigenvalue weighted by atomic mass is 9.94. The lowest BCUT2D eigenvalue weighted by Crippen LogP contribution is -2.54. The quantitative estimate of drug-likeness (QED) is 0.368. The van der Waals surface area contributed by atoms with Crippen LogP contribution in [0.4, 0.5) is 0 Å². The zero-order valence-corrected chi connectivity index (χ0v) is 24.1. The van der Waals surface area contributed by atoms with E-state index in [0.29, 0.717) is 6.42 Å². The molecule has 0 unspecified atom stereocenters. The average molecular weight is 562 g/mol. The Morgan fingerprint density at radius 1 is 0.850 bits per heavy atom. The van der Waals surface area contributed by atoms with E-state index in [1.807, 2.05) is 67.6 Å². The zero-order valence-electron chi connectivity index (χ0n) is 23.3. The molecular weight excluding hydrogens is 522 g/mol. The van der Waals surface area contributed by atoms with Gasteiger partial charge < -0.3 is 10.2 Å². The summed E-state index contributed by atoms with van der Waals surface area (Å²) in [5.41, 5.74) is 2.74. The molecule has 0 bridgehead atoms. The number of carbonyl (C=O) groups excluding carboxylic acids is 2. The van der Waals surface area contributed by atoms with Gasteiger partial charge in [-0.1, -0.05) is 97.6 Å². The summed E-state index contributed by atoms with van der Waals surface area (Å²) in [5, 5.41) is 3.21. The van der Waals surface area contributed by atoms with Gasteiger partial charge in [-0.3, -0.25) is 9.59 Å². The van der Waals surface area contributed by atoms with Crippen molar-refractivity contribution in [2.45, 2.75) is 69.0 Å². The van der Waals surface area contributed by atoms with Crippen molar-refractivity contribution in [1.29, 1.82) is 0 Å². The Morgan fingerprint density at radius 3 is 2.02 bits per heavy atom. The third-order valence-electron chi connectivity index (χ3n) is 7.51. The monoisotopic (exact) mass is 561 g/mol. The second-order valence-electron chi connectivity index (χ2n) is 10.6. The molecule has 0 saturated heterocycles. The fourth-order valence-corrected chi connectivity index (χ4v) is 6.26. The molecule has 1 aliphatic rings. The molecule has 1 aliphatic carbocycles. The summed E-state index contributed by atoms with van der Waals surface area (Å²) in [4.78, 5) is 29.5. The molecule has 8 heteroatoms. The van der Waals surface area contributed by atoms with Crippen molar-refractivity contribution in [3.8, 4) is 0 Å². The van der Waals surface area contributed by atoms with Crippen LogP contribution < -0.4 is 5.32 Å². The number of nitrogens with one attached hydrogen (secondary N) is 1. The Kier molecular flexibility index (Phi) is 10.1. The van der Waals surface area contributed by atoms with E-state index in [2.05, 4.69) is 5.32 Å². The smallest absolute Gasteiger partial charge is 0.243 e. The predicted molar refractivity (Wildman–Crippen MR) is 157 cm³/mol. The van der Waals surface area contributed by atoms with Gasteiger partial charge in [0.05, 0.1) is 11.4 Å². The maximum Gasteiger partial charge on any atom is 0.243 e. The van der Waals surface area contributed by atoms with Crippen molar-refractivity contribution in [1.82, 2.24) is 14.5 Å². The fraction of sp³-hybridized carbons (Fsp3) is 0.375. The molecular formula is C32H39N3O4S. The number of carbonyl (C=O) groups is 2. The van der Waals surface area contributed by atoms with E-state index >= 15 is 0 Å². The highest BCUT2D eigenvalue weighted by atomic mass is 32.2. The van der Waals surface area contributed by atoms with Crippen LogP contribution in [-0.4, -0.2) is 55.1 Å². The molecule has 212 valence electrons. The number of likely N-dealkylation sites (N-methyl/N-ethyl adjacent to an activating group) is 1. The number of sulfonamides is 1. The van der Waals surface area contributed by atoms with Crippen molar-refractivity contribution >= 4 is 21.8 Å². The maximum atomic E-state index is 14.0. The van der Waals surface area contributed by atoms with E-state index in [9.17, 15) is 18.0 Å². The zero-order chi connectivity index (χ0) is 28.5. The summed E-state index contributed by atoms with van der Waals surface area (Å²) < 4.78 is 27.7. The molecule has 0 aromatic heterocycles. The van der Waals surface area contributed by atoms with Crippen LogP contribution in [0.3, 0.4) is 0 Å². The predicted octanol–water partition coefficient (Wildman–Crippen LogP) is 4.70. The van der Waals surface area contributed by atoms with E-state index in [0.717, 1.165) is 46.7 Å². The molecule has 3 aromatic rings. The fourth-order valence-electron chi connectivity index (χ4n) is 5.13. The van der Waals surface area contributed by atoms with Gasteiger partial charge in [0.1, 0.15) is 6.04 Å². The summed E-state index contributed by atoms with van der Waals surface area (Å²) in [5.74, 6) is -0.633. The highest BCUT2D eigenvalue weighted by Gasteiger charge is 2.34. The third kappa shape index (κ3) is 7.79. The number of hydrogen-bond acceptors (Lipinski definition) is 4. The van der Waals surface area contributed by atoms with E-state index in [-0.39, 0.29) is 29.9 Å². The van der Waals surface area contributed by atoms with Crippen LogP contribution in [0.5, 0.6) is 0 Å². The van der Waals surface area contributed by atoms with Gasteiger partial charge in [0.15, 0.2) is 0 Å². The van der Waals surface area contributed by atoms with Crippen molar-refractivity contribution < 1.29 is 18.0 Å². The van der Waals surface area contributed by atoms with Gasteiger partial charge in [0.25, 0.3) is 0 Å². The molecule has 4 rings (SSSR count). The van der Waals surface area contributed by atoms with Gasteiger partial charge in [-0.25, -0.2) is 8.42 Å². The van der Waals surface area contributed by atoms with Crippen LogP contribution in [0.25, 0.3) is 0 Å². The van der Waals surface area contributed by atoms with E-state index in [1.54, 1.807) is 29.2 Å². The number of aryl methyl sites for hydroxylation is 1. The molecule has 1 N–H and O–H groups in total. The number of hydrogen-bond donors (Lipinski definition) is 1. The van der Waals surface area contributed by atoms with Crippen LogP contribution in [-0.2, 0) is 32.6 Å². The maximum absolute atomic E-state index is 14.0. The number of rotatable bonds is 11. The molecule has 0 spiro atoms. The minimum absolute atomic E-state index is 0.0813. The molecule has 7 nitrogen and oxygen atoms in total. The molecule has 1 saturated carbocycles. The first-order valence-corrected chi connectivity index (χ1v) is 15.4. The van der Waals surface area contributed by atoms with Crippen LogP contribution in [0, 0.1) is 6.92 Å². The molecule has 0 radical (unpaired) electrons. The van der Waals surface area contributed by atoms with Crippen molar-refractivity contribution in [3.63, 3.8) is 0 Å². The molecule has 2 amide bonds. The summed E-state index contributed by atoms with van der Waals surface area (Å²) in [6.07, 6.45) is 5.49. The summed E-state index contributed by atoms with van der Waals surface area (Å²) >= 11 is 0. The third-order valence-corrected chi connectivity index (χ3v) is 9.32. The summed E-state index contributed by atoms with van der Waals surface area (Å²) in [6.45, 7) is 1.69. The van der Waals surface area contributed by atoms with Gasteiger partial charge in [0.2, 0.25) is 21.8 Å². The SMILES string of the molecule is Cc1ccc(S(=O)(=O)N(C)CC(=O)N(Cc2ccccc2)[C@H](Cc2ccccc2)C(=O)NC2CCCCC2)cc1. The Hall–Kier alpha value is -3.49. The standard InChI is InChI=1S/C32H39N3O4S/c1-25-18-20-29(21-19-25)40(38,39)34(2)24-31(36)35(23-27-14-8-4-9-15-27)30(22-26-12-6-3-7-13-26)32(37)33-28-16-10-5-11-17-28/h3-4,6-9,12-15,18-21,28,30H,5,10-11,16-17,22-24H2,1-2H3,(H,33,37)/t30-/m1/s1. The van der Waals surface area contributed by atoms with Crippen molar-refractivity contribution in [2.24, 2.45) is 0 Å². The molecule has 1 atom stereocenters. The molecule has 0 aliphatic heterocycles. The Morgan fingerprint density at radius 2 is 1.43 bits per heavy atom. The van der Waals surface area contributed by atoms with Crippen molar-refractivity contribution in [2.75, 3.05) is 13.6 Å². The Bertz CT molecular complexity index is 1360. The van der Waals surface area contributed by atoms with E-state index in [1.165, 1.54) is 13.5 Å². The number of nitrogens with zero attached hydrogens (tertiary/aromatic N) is 2. The highest BCUT2D eigenvalue weighted by Crippen LogP contribution is 2.21. The molecule has 40 heavy (non-hydrogen) atoms. The molecule has 1 fully saturated rings. The first-order valence-electron chi connectivity index (χ1n) is 13.9. The first kappa shape index (κ1) is 29.5.